The molecule has 0 saturated heterocycles. The van der Waals surface area contributed by atoms with E-state index < -0.39 is 10.0 Å². The molecule has 0 spiro atoms. The number of amides is 1. The van der Waals surface area contributed by atoms with Gasteiger partial charge in [-0.25, -0.2) is 13.1 Å². The van der Waals surface area contributed by atoms with E-state index in [4.69, 9.17) is 0 Å². The summed E-state index contributed by atoms with van der Waals surface area (Å²) in [6.45, 7) is 2.08. The highest BCUT2D eigenvalue weighted by Gasteiger charge is 2.21. The fourth-order valence-corrected chi connectivity index (χ4v) is 3.94. The van der Waals surface area contributed by atoms with E-state index in [1.54, 1.807) is 36.5 Å². The molecule has 1 amide bonds. The number of hydrogen-bond acceptors (Lipinski definition) is 4. The van der Waals surface area contributed by atoms with Crippen LogP contribution in [-0.2, 0) is 16.6 Å². The number of rotatable bonds is 7. The molecule has 1 atom stereocenters. The zero-order valence-corrected chi connectivity index (χ0v) is 17.1. The number of benzene rings is 2. The van der Waals surface area contributed by atoms with E-state index in [0.29, 0.717) is 5.56 Å². The Morgan fingerprint density at radius 1 is 1.07 bits per heavy atom. The Balaban J connectivity index is 1.76. The summed E-state index contributed by atoms with van der Waals surface area (Å²) in [6.07, 6.45) is 3.39. The summed E-state index contributed by atoms with van der Waals surface area (Å²) in [5.74, 6) is -0.263. The van der Waals surface area contributed by atoms with E-state index in [-0.39, 0.29) is 23.4 Å². The van der Waals surface area contributed by atoms with Crippen molar-refractivity contribution in [2.75, 3.05) is 7.05 Å². The average molecular weight is 410 g/mol. The van der Waals surface area contributed by atoms with Crippen LogP contribution in [0.4, 0.5) is 0 Å². The summed E-state index contributed by atoms with van der Waals surface area (Å²) >= 11 is 0. The molecule has 6 nitrogen and oxygen atoms in total. The summed E-state index contributed by atoms with van der Waals surface area (Å²) < 4.78 is 27.9. The summed E-state index contributed by atoms with van der Waals surface area (Å²) in [5.41, 5.74) is 2.07. The van der Waals surface area contributed by atoms with Gasteiger partial charge in [0, 0.05) is 31.5 Å². The molecule has 150 valence electrons. The first-order chi connectivity index (χ1) is 13.9. The van der Waals surface area contributed by atoms with Gasteiger partial charge in [-0.1, -0.05) is 42.5 Å². The van der Waals surface area contributed by atoms with Gasteiger partial charge in [0.2, 0.25) is 10.0 Å². The van der Waals surface area contributed by atoms with Crippen LogP contribution in [0, 0.1) is 0 Å². The fraction of sp³-hybridized carbons (Fsp3) is 0.182. The van der Waals surface area contributed by atoms with Crippen molar-refractivity contribution in [1.82, 2.24) is 14.6 Å². The first-order valence-corrected chi connectivity index (χ1v) is 10.7. The van der Waals surface area contributed by atoms with Crippen molar-refractivity contribution >= 4 is 15.9 Å². The monoisotopic (exact) mass is 409 g/mol. The molecule has 7 heteroatoms. The zero-order chi connectivity index (χ0) is 20.9. The van der Waals surface area contributed by atoms with Crippen LogP contribution < -0.4 is 4.72 Å². The lowest BCUT2D eigenvalue weighted by Gasteiger charge is -2.25. The maximum Gasteiger partial charge on any atom is 0.254 e. The SMILES string of the molecule is CC(c1cccnc1)N(C)C(=O)c1cccc(S(=O)(=O)NCc2ccccc2)c1. The molecule has 29 heavy (non-hydrogen) atoms. The lowest BCUT2D eigenvalue weighted by molar-refractivity contribution is 0.0742. The summed E-state index contributed by atoms with van der Waals surface area (Å²) in [6, 6.07) is 18.8. The average Bonchev–Trinajstić information content (AvgIpc) is 2.77. The second-order valence-electron chi connectivity index (χ2n) is 6.72. The molecule has 0 aliphatic rings. The van der Waals surface area contributed by atoms with Crippen LogP contribution in [0.3, 0.4) is 0 Å². The van der Waals surface area contributed by atoms with Crippen LogP contribution in [0.15, 0.2) is 84.0 Å². The van der Waals surface area contributed by atoms with Gasteiger partial charge in [0.05, 0.1) is 10.9 Å². The van der Waals surface area contributed by atoms with Crippen LogP contribution in [-0.4, -0.2) is 31.3 Å². The van der Waals surface area contributed by atoms with E-state index in [9.17, 15) is 13.2 Å². The standard InChI is InChI=1S/C22H23N3O3S/c1-17(20-11-7-13-23-16-20)25(2)22(26)19-10-6-12-21(14-19)29(27,28)24-15-18-8-4-3-5-9-18/h3-14,16-17,24H,15H2,1-2H3. The molecule has 2 aromatic carbocycles. The molecule has 1 N–H and O–H groups in total. The fourth-order valence-electron chi connectivity index (χ4n) is 2.88. The van der Waals surface area contributed by atoms with Gasteiger partial charge in [-0.05, 0) is 42.3 Å². The first-order valence-electron chi connectivity index (χ1n) is 9.19. The summed E-state index contributed by atoms with van der Waals surface area (Å²) in [7, 11) is -2.05. The number of carbonyl (C=O) groups excluding carboxylic acids is 1. The summed E-state index contributed by atoms with van der Waals surface area (Å²) in [5, 5.41) is 0. The second-order valence-corrected chi connectivity index (χ2v) is 8.48. The molecule has 0 radical (unpaired) electrons. The molecule has 1 unspecified atom stereocenters. The van der Waals surface area contributed by atoms with Crippen molar-refractivity contribution in [3.8, 4) is 0 Å². The van der Waals surface area contributed by atoms with Crippen LogP contribution in [0.2, 0.25) is 0 Å². The highest BCUT2D eigenvalue weighted by molar-refractivity contribution is 7.89. The molecular weight excluding hydrogens is 386 g/mol. The molecule has 3 rings (SSSR count). The van der Waals surface area contributed by atoms with Crippen LogP contribution in [0.25, 0.3) is 0 Å². The predicted molar refractivity (Wildman–Crippen MR) is 112 cm³/mol. The minimum absolute atomic E-state index is 0.0571. The highest BCUT2D eigenvalue weighted by atomic mass is 32.2. The number of sulfonamides is 1. The largest absolute Gasteiger partial charge is 0.335 e. The highest BCUT2D eigenvalue weighted by Crippen LogP contribution is 2.21. The van der Waals surface area contributed by atoms with Gasteiger partial charge >= 0.3 is 0 Å². The van der Waals surface area contributed by atoms with E-state index in [1.165, 1.54) is 12.1 Å². The van der Waals surface area contributed by atoms with E-state index in [1.807, 2.05) is 49.4 Å². The number of hydrogen-bond donors (Lipinski definition) is 1. The molecule has 0 aliphatic heterocycles. The van der Waals surface area contributed by atoms with Gasteiger partial charge in [0.15, 0.2) is 0 Å². The predicted octanol–water partition coefficient (Wildman–Crippen LogP) is 3.39. The van der Waals surface area contributed by atoms with Crippen molar-refractivity contribution in [2.24, 2.45) is 0 Å². The van der Waals surface area contributed by atoms with E-state index >= 15 is 0 Å². The van der Waals surface area contributed by atoms with Gasteiger partial charge < -0.3 is 4.90 Å². The van der Waals surface area contributed by atoms with Crippen molar-refractivity contribution in [3.05, 3.63) is 95.8 Å². The molecule has 1 heterocycles. The maximum absolute atomic E-state index is 12.9. The zero-order valence-electron chi connectivity index (χ0n) is 16.3. The van der Waals surface area contributed by atoms with Crippen LogP contribution >= 0.6 is 0 Å². The third kappa shape index (κ3) is 5.07. The third-order valence-electron chi connectivity index (χ3n) is 4.77. The first kappa shape index (κ1) is 20.7. The van der Waals surface area contributed by atoms with Crippen LogP contribution in [0.5, 0.6) is 0 Å². The number of nitrogens with zero attached hydrogens (tertiary/aromatic N) is 2. The Hall–Kier alpha value is -3.03. The Morgan fingerprint density at radius 2 is 1.83 bits per heavy atom. The maximum atomic E-state index is 12.9. The topological polar surface area (TPSA) is 79.4 Å². The number of aromatic nitrogens is 1. The van der Waals surface area contributed by atoms with Gasteiger partial charge in [-0.2, -0.15) is 0 Å². The molecule has 0 aliphatic carbocycles. The van der Waals surface area contributed by atoms with Crippen molar-refractivity contribution in [2.45, 2.75) is 24.4 Å². The molecule has 0 bridgehead atoms. The van der Waals surface area contributed by atoms with Gasteiger partial charge in [-0.3, -0.25) is 9.78 Å². The molecule has 0 saturated carbocycles. The molecular formula is C22H23N3O3S. The Bertz CT molecular complexity index is 1070. The minimum Gasteiger partial charge on any atom is -0.335 e. The number of pyridine rings is 1. The van der Waals surface area contributed by atoms with Gasteiger partial charge in [-0.15, -0.1) is 0 Å². The Kier molecular flexibility index (Phi) is 6.41. The molecule has 3 aromatic rings. The number of nitrogens with one attached hydrogen (secondary N) is 1. The third-order valence-corrected chi connectivity index (χ3v) is 6.17. The smallest absolute Gasteiger partial charge is 0.254 e. The molecule has 1 aromatic heterocycles. The lowest BCUT2D eigenvalue weighted by Crippen LogP contribution is -2.30. The van der Waals surface area contributed by atoms with Gasteiger partial charge in [0.25, 0.3) is 5.91 Å². The van der Waals surface area contributed by atoms with Crippen LogP contribution in [0.1, 0.15) is 34.5 Å². The number of carbonyl (C=O) groups is 1. The van der Waals surface area contributed by atoms with Crippen molar-refractivity contribution < 1.29 is 13.2 Å². The lowest BCUT2D eigenvalue weighted by atomic mass is 10.1. The second kappa shape index (κ2) is 8.98. The minimum atomic E-state index is -3.74. The Labute approximate surface area is 171 Å². The van der Waals surface area contributed by atoms with E-state index in [2.05, 4.69) is 9.71 Å². The van der Waals surface area contributed by atoms with Gasteiger partial charge in [0.1, 0.15) is 0 Å². The van der Waals surface area contributed by atoms with Crippen molar-refractivity contribution in [1.29, 1.82) is 0 Å². The summed E-state index contributed by atoms with van der Waals surface area (Å²) in [4.78, 5) is 18.6. The normalized spacial score (nSPS) is 12.3. The Morgan fingerprint density at radius 3 is 2.52 bits per heavy atom. The quantitative estimate of drug-likeness (QED) is 0.649. The van der Waals surface area contributed by atoms with Crippen molar-refractivity contribution in [3.63, 3.8) is 0 Å². The molecule has 0 fully saturated rings. The van der Waals surface area contributed by atoms with E-state index in [0.717, 1.165) is 11.1 Å².